The molecule has 3 aliphatic heterocycles. The highest BCUT2D eigenvalue weighted by molar-refractivity contribution is 7.70. The van der Waals surface area contributed by atoms with Gasteiger partial charge in [0.1, 0.15) is 24.0 Å². The monoisotopic (exact) mass is 869 g/mol. The number of piperazine rings is 1. The molecule has 2 fully saturated rings. The number of carbonyl (C=O) groups is 5. The van der Waals surface area contributed by atoms with Crippen molar-refractivity contribution in [1.29, 1.82) is 0 Å². The molecule has 2 saturated heterocycles. The molecule has 4 N–H and O–H groups in total. The number of ether oxygens (including phenoxy) is 1. The SMILES string of the molecule is COc1cc(N2CCN(C(=O)CCCCCC(=O)Nc3cccc4c3CN(C3CCC(=O)NC3=O)C4=O)CC2)ccc1Nc1ncc(Cl)c(Nc2ccccc2P(C)(C)=O)n1. The fourth-order valence-corrected chi connectivity index (χ4v) is 9.11. The van der Waals surface area contributed by atoms with Crippen molar-refractivity contribution in [3.8, 4) is 5.75 Å². The number of nitrogens with one attached hydrogen (secondary N) is 4. The molecule has 1 atom stereocenters. The smallest absolute Gasteiger partial charge is 0.255 e. The molecule has 5 amide bonds. The number of methoxy groups -OCH3 is 1. The van der Waals surface area contributed by atoms with Gasteiger partial charge in [0.25, 0.3) is 5.91 Å². The number of fused-ring (bicyclic) bond motifs is 1. The van der Waals surface area contributed by atoms with E-state index in [1.165, 1.54) is 11.1 Å². The summed E-state index contributed by atoms with van der Waals surface area (Å²) in [7, 11) is -0.984. The third-order valence-electron chi connectivity index (χ3n) is 11.1. The van der Waals surface area contributed by atoms with Gasteiger partial charge in [0.05, 0.1) is 24.7 Å². The van der Waals surface area contributed by atoms with E-state index in [0.29, 0.717) is 102 Å². The summed E-state index contributed by atoms with van der Waals surface area (Å²) in [5, 5.41) is 12.7. The first-order valence-electron chi connectivity index (χ1n) is 20.3. The summed E-state index contributed by atoms with van der Waals surface area (Å²) in [5.41, 5.74) is 3.88. The normalized spacial score (nSPS) is 16.6. The van der Waals surface area contributed by atoms with Crippen LogP contribution in [-0.4, -0.2) is 102 Å². The average Bonchev–Trinajstić information content (AvgIpc) is 3.58. The molecule has 1 unspecified atom stereocenters. The van der Waals surface area contributed by atoms with Crippen LogP contribution in [0.4, 0.5) is 34.5 Å². The summed E-state index contributed by atoms with van der Waals surface area (Å²) in [5.74, 6) is 0.0115. The Morgan fingerprint density at radius 2 is 1.67 bits per heavy atom. The number of piperidine rings is 1. The van der Waals surface area contributed by atoms with Crippen molar-refractivity contribution in [3.05, 3.63) is 83.0 Å². The van der Waals surface area contributed by atoms with Crippen LogP contribution >= 0.6 is 18.7 Å². The lowest BCUT2D eigenvalue weighted by Crippen LogP contribution is -2.52. The lowest BCUT2D eigenvalue weighted by molar-refractivity contribution is -0.137. The van der Waals surface area contributed by atoms with Gasteiger partial charge in [-0.15, -0.1) is 0 Å². The van der Waals surface area contributed by atoms with Crippen molar-refractivity contribution in [2.45, 2.75) is 57.5 Å². The first-order valence-corrected chi connectivity index (χ1v) is 23.3. The quantitative estimate of drug-likeness (QED) is 0.0631. The summed E-state index contributed by atoms with van der Waals surface area (Å²) in [6, 6.07) is 17.5. The molecule has 0 saturated carbocycles. The van der Waals surface area contributed by atoms with Gasteiger partial charge < -0.3 is 40.0 Å². The van der Waals surface area contributed by atoms with E-state index in [4.69, 9.17) is 16.3 Å². The molecule has 320 valence electrons. The highest BCUT2D eigenvalue weighted by Crippen LogP contribution is 2.39. The fraction of sp³-hybridized carbons (Fsp3) is 0.372. The van der Waals surface area contributed by atoms with Crippen molar-refractivity contribution in [3.63, 3.8) is 0 Å². The Balaban J connectivity index is 0.845. The number of nitrogens with zero attached hydrogens (tertiary/aromatic N) is 5. The molecular formula is C43H49ClN9O7P. The Hall–Kier alpha value is -5.99. The number of unbranched alkanes of at least 4 members (excludes halogenated alkanes) is 2. The maximum absolute atomic E-state index is 13.1. The third kappa shape index (κ3) is 10.1. The Labute approximate surface area is 359 Å². The predicted molar refractivity (Wildman–Crippen MR) is 235 cm³/mol. The van der Waals surface area contributed by atoms with E-state index in [-0.39, 0.29) is 55.4 Å². The van der Waals surface area contributed by atoms with Crippen molar-refractivity contribution in [2.24, 2.45) is 0 Å². The lowest BCUT2D eigenvalue weighted by atomic mass is 10.0. The van der Waals surface area contributed by atoms with Crippen LogP contribution in [0, 0.1) is 0 Å². The molecular weight excluding hydrogens is 821 g/mol. The molecule has 3 aliphatic rings. The summed E-state index contributed by atoms with van der Waals surface area (Å²) >= 11 is 6.45. The van der Waals surface area contributed by atoms with Gasteiger partial charge in [-0.2, -0.15) is 4.98 Å². The predicted octanol–water partition coefficient (Wildman–Crippen LogP) is 5.87. The number of benzene rings is 3. The number of hydrogen-bond acceptors (Lipinski definition) is 12. The van der Waals surface area contributed by atoms with E-state index in [1.54, 1.807) is 38.6 Å². The van der Waals surface area contributed by atoms with Crippen LogP contribution in [-0.2, 0) is 30.3 Å². The van der Waals surface area contributed by atoms with Crippen LogP contribution in [0.15, 0.2) is 66.9 Å². The molecule has 1 aromatic heterocycles. The molecule has 0 radical (unpaired) electrons. The number of halogens is 1. The van der Waals surface area contributed by atoms with E-state index in [9.17, 15) is 28.5 Å². The fourth-order valence-electron chi connectivity index (χ4n) is 7.82. The minimum atomic E-state index is -2.57. The lowest BCUT2D eigenvalue weighted by Gasteiger charge is -2.36. The van der Waals surface area contributed by atoms with Crippen LogP contribution in [0.2, 0.25) is 5.02 Å². The maximum Gasteiger partial charge on any atom is 0.255 e. The van der Waals surface area contributed by atoms with Crippen LogP contribution in [0.25, 0.3) is 0 Å². The zero-order chi connectivity index (χ0) is 43.3. The minimum Gasteiger partial charge on any atom is -0.494 e. The van der Waals surface area contributed by atoms with Gasteiger partial charge in [0, 0.05) is 85.9 Å². The second-order valence-corrected chi connectivity index (χ2v) is 19.2. The van der Waals surface area contributed by atoms with Crippen molar-refractivity contribution >= 4 is 88.1 Å². The van der Waals surface area contributed by atoms with Gasteiger partial charge in [0.15, 0.2) is 5.82 Å². The van der Waals surface area contributed by atoms with Gasteiger partial charge in [-0.3, -0.25) is 29.3 Å². The van der Waals surface area contributed by atoms with Crippen LogP contribution in [0.1, 0.15) is 60.9 Å². The maximum atomic E-state index is 13.1. The van der Waals surface area contributed by atoms with Crippen molar-refractivity contribution in [1.82, 2.24) is 25.1 Å². The Morgan fingerprint density at radius 3 is 2.43 bits per heavy atom. The zero-order valence-corrected chi connectivity index (χ0v) is 36.0. The largest absolute Gasteiger partial charge is 0.494 e. The molecule has 3 aromatic carbocycles. The number of imide groups is 1. The van der Waals surface area contributed by atoms with Crippen molar-refractivity contribution < 1.29 is 33.3 Å². The number of amides is 5. The van der Waals surface area contributed by atoms with E-state index < -0.39 is 19.1 Å². The number of anilines is 6. The van der Waals surface area contributed by atoms with Crippen LogP contribution in [0.3, 0.4) is 0 Å². The van der Waals surface area contributed by atoms with Crippen molar-refractivity contribution in [2.75, 3.05) is 67.5 Å². The van der Waals surface area contributed by atoms with Gasteiger partial charge >= 0.3 is 0 Å². The summed E-state index contributed by atoms with van der Waals surface area (Å²) in [6.07, 6.45) is 4.57. The molecule has 7 rings (SSSR count). The molecule has 16 nitrogen and oxygen atoms in total. The molecule has 0 bridgehead atoms. The van der Waals surface area contributed by atoms with Crippen LogP contribution < -0.4 is 36.2 Å². The highest BCUT2D eigenvalue weighted by atomic mass is 35.5. The van der Waals surface area contributed by atoms with Crippen LogP contribution in [0.5, 0.6) is 5.75 Å². The minimum absolute atomic E-state index is 0.0880. The second-order valence-electron chi connectivity index (χ2n) is 15.6. The Morgan fingerprint density at radius 1 is 0.918 bits per heavy atom. The summed E-state index contributed by atoms with van der Waals surface area (Å²) in [4.78, 5) is 77.6. The van der Waals surface area contributed by atoms with E-state index in [0.717, 1.165) is 5.69 Å². The Bertz CT molecular complexity index is 2400. The van der Waals surface area contributed by atoms with E-state index in [1.807, 2.05) is 47.4 Å². The number of aromatic nitrogens is 2. The first-order chi connectivity index (χ1) is 29.3. The standard InChI is InChI=1S/C43H49ClN9O7P/c1-60-35-24-27(16-17-32(35)48-43-45-25-30(44)40(50-43)47-33-11-7-8-13-36(33)61(2,3)59)51-20-22-52(23-21-51)39(56)15-6-4-5-14-37(54)46-31-12-9-10-28-29(31)26-53(42(28)58)34-18-19-38(55)49-41(34)57/h7-13,16-17,24-25,34H,4-6,14-15,18-23,26H2,1-3H3,(H,46,54)(H,49,55,57)(H2,45,47,48,50). The molecule has 0 spiro atoms. The van der Waals surface area contributed by atoms with Gasteiger partial charge in [-0.1, -0.05) is 36.2 Å². The summed E-state index contributed by atoms with van der Waals surface area (Å²) < 4.78 is 18.6. The average molecular weight is 870 g/mol. The Kier molecular flexibility index (Phi) is 13.2. The first kappa shape index (κ1) is 43.1. The van der Waals surface area contributed by atoms with E-state index in [2.05, 4.69) is 36.1 Å². The third-order valence-corrected chi connectivity index (χ3v) is 12.9. The number of carbonyl (C=O) groups excluding carboxylic acids is 5. The van der Waals surface area contributed by atoms with Gasteiger partial charge in [0.2, 0.25) is 29.6 Å². The molecule has 61 heavy (non-hydrogen) atoms. The highest BCUT2D eigenvalue weighted by Gasteiger charge is 2.40. The van der Waals surface area contributed by atoms with E-state index >= 15 is 0 Å². The molecule has 18 heteroatoms. The molecule has 4 aromatic rings. The molecule has 0 aliphatic carbocycles. The summed E-state index contributed by atoms with van der Waals surface area (Å²) in [6.45, 7) is 6.07. The van der Waals surface area contributed by atoms with Gasteiger partial charge in [-0.05, 0) is 69.0 Å². The second kappa shape index (κ2) is 18.7. The number of hydrogen-bond donors (Lipinski definition) is 4. The zero-order valence-electron chi connectivity index (χ0n) is 34.3. The topological polar surface area (TPSA) is 195 Å². The molecule has 4 heterocycles. The van der Waals surface area contributed by atoms with Gasteiger partial charge in [-0.25, -0.2) is 4.98 Å². The number of rotatable bonds is 15. The number of para-hydroxylation sites is 1.